The minimum absolute atomic E-state index is 0.476. The SMILES string of the molecule is C#CCCC(O)c1cnn(CC)c1. The molecular formula is C10H14N2O. The fourth-order valence-corrected chi connectivity index (χ4v) is 1.11. The van der Waals surface area contributed by atoms with Crippen molar-refractivity contribution < 1.29 is 5.11 Å². The first kappa shape index (κ1) is 9.82. The van der Waals surface area contributed by atoms with Crippen molar-refractivity contribution in [3.8, 4) is 12.3 Å². The highest BCUT2D eigenvalue weighted by Gasteiger charge is 2.08. The molecule has 3 heteroatoms. The van der Waals surface area contributed by atoms with E-state index in [1.54, 1.807) is 10.9 Å². The molecule has 1 rings (SSSR count). The number of aromatic nitrogens is 2. The lowest BCUT2D eigenvalue weighted by molar-refractivity contribution is 0.169. The van der Waals surface area contributed by atoms with Gasteiger partial charge >= 0.3 is 0 Å². The first-order valence-electron chi connectivity index (χ1n) is 4.41. The molecule has 0 bridgehead atoms. The normalized spacial score (nSPS) is 12.4. The number of aliphatic hydroxyl groups excluding tert-OH is 1. The van der Waals surface area contributed by atoms with Gasteiger partial charge in [-0.3, -0.25) is 4.68 Å². The van der Waals surface area contributed by atoms with Crippen LogP contribution < -0.4 is 0 Å². The van der Waals surface area contributed by atoms with Crippen LogP contribution in [0.1, 0.15) is 31.4 Å². The third kappa shape index (κ3) is 2.60. The molecule has 1 aromatic heterocycles. The summed E-state index contributed by atoms with van der Waals surface area (Å²) in [7, 11) is 0. The van der Waals surface area contributed by atoms with E-state index in [1.807, 2.05) is 13.1 Å². The molecular weight excluding hydrogens is 164 g/mol. The van der Waals surface area contributed by atoms with E-state index < -0.39 is 6.10 Å². The molecule has 70 valence electrons. The van der Waals surface area contributed by atoms with E-state index in [0.717, 1.165) is 12.1 Å². The van der Waals surface area contributed by atoms with Crippen LogP contribution in [0.3, 0.4) is 0 Å². The summed E-state index contributed by atoms with van der Waals surface area (Å²) in [6.07, 6.45) is 9.36. The highest BCUT2D eigenvalue weighted by Crippen LogP contribution is 2.16. The molecule has 0 radical (unpaired) electrons. The Morgan fingerprint density at radius 3 is 3.08 bits per heavy atom. The molecule has 13 heavy (non-hydrogen) atoms. The number of hydrogen-bond acceptors (Lipinski definition) is 2. The van der Waals surface area contributed by atoms with Gasteiger partial charge in [-0.15, -0.1) is 12.3 Å². The van der Waals surface area contributed by atoms with Crippen molar-refractivity contribution in [2.75, 3.05) is 0 Å². The summed E-state index contributed by atoms with van der Waals surface area (Å²) in [5.41, 5.74) is 0.845. The highest BCUT2D eigenvalue weighted by molar-refractivity contribution is 5.08. The fourth-order valence-electron chi connectivity index (χ4n) is 1.11. The van der Waals surface area contributed by atoms with E-state index in [-0.39, 0.29) is 0 Å². The lowest BCUT2D eigenvalue weighted by Crippen LogP contribution is -1.96. The van der Waals surface area contributed by atoms with E-state index >= 15 is 0 Å². The molecule has 1 N–H and O–H groups in total. The number of rotatable bonds is 4. The molecule has 0 aliphatic rings. The van der Waals surface area contributed by atoms with Crippen molar-refractivity contribution >= 4 is 0 Å². The Morgan fingerprint density at radius 2 is 2.54 bits per heavy atom. The van der Waals surface area contributed by atoms with Crippen LogP contribution >= 0.6 is 0 Å². The second kappa shape index (κ2) is 4.68. The molecule has 0 saturated heterocycles. The van der Waals surface area contributed by atoms with Gasteiger partial charge in [0.25, 0.3) is 0 Å². The van der Waals surface area contributed by atoms with Gasteiger partial charge in [0.15, 0.2) is 0 Å². The monoisotopic (exact) mass is 178 g/mol. The molecule has 1 unspecified atom stereocenters. The molecule has 0 aromatic carbocycles. The smallest absolute Gasteiger partial charge is 0.0829 e. The minimum atomic E-state index is -0.476. The summed E-state index contributed by atoms with van der Waals surface area (Å²) in [6, 6.07) is 0. The van der Waals surface area contributed by atoms with Crippen molar-refractivity contribution in [2.45, 2.75) is 32.4 Å². The van der Waals surface area contributed by atoms with Crippen LogP contribution in [0.25, 0.3) is 0 Å². The predicted octanol–water partition coefficient (Wildman–Crippen LogP) is 1.35. The maximum atomic E-state index is 9.61. The zero-order valence-electron chi connectivity index (χ0n) is 7.77. The minimum Gasteiger partial charge on any atom is -0.388 e. The van der Waals surface area contributed by atoms with Crippen LogP contribution in [-0.4, -0.2) is 14.9 Å². The molecule has 1 heterocycles. The second-order valence-corrected chi connectivity index (χ2v) is 2.89. The number of aliphatic hydroxyl groups is 1. The van der Waals surface area contributed by atoms with E-state index in [9.17, 15) is 5.11 Å². The maximum absolute atomic E-state index is 9.61. The highest BCUT2D eigenvalue weighted by atomic mass is 16.3. The lowest BCUT2D eigenvalue weighted by Gasteiger charge is -2.04. The molecule has 0 aliphatic carbocycles. The molecule has 0 aliphatic heterocycles. The van der Waals surface area contributed by atoms with Crippen LogP contribution in [-0.2, 0) is 6.54 Å². The Hall–Kier alpha value is -1.27. The second-order valence-electron chi connectivity index (χ2n) is 2.89. The van der Waals surface area contributed by atoms with E-state index in [4.69, 9.17) is 6.42 Å². The Labute approximate surface area is 78.4 Å². The fraction of sp³-hybridized carbons (Fsp3) is 0.500. The van der Waals surface area contributed by atoms with E-state index in [1.165, 1.54) is 0 Å². The number of nitrogens with zero attached hydrogens (tertiary/aromatic N) is 2. The molecule has 0 amide bonds. The van der Waals surface area contributed by atoms with E-state index in [0.29, 0.717) is 12.8 Å². The summed E-state index contributed by atoms with van der Waals surface area (Å²) >= 11 is 0. The molecule has 0 spiro atoms. The van der Waals surface area contributed by atoms with Gasteiger partial charge in [0.05, 0.1) is 12.3 Å². The van der Waals surface area contributed by atoms with Crippen LogP contribution in [0.15, 0.2) is 12.4 Å². The zero-order chi connectivity index (χ0) is 9.68. The average molecular weight is 178 g/mol. The van der Waals surface area contributed by atoms with Gasteiger partial charge in [-0.1, -0.05) is 0 Å². The van der Waals surface area contributed by atoms with Gasteiger partial charge in [0, 0.05) is 24.7 Å². The van der Waals surface area contributed by atoms with Crippen molar-refractivity contribution in [1.29, 1.82) is 0 Å². The Morgan fingerprint density at radius 1 is 1.77 bits per heavy atom. The number of hydrogen-bond donors (Lipinski definition) is 1. The van der Waals surface area contributed by atoms with Gasteiger partial charge in [-0.2, -0.15) is 5.10 Å². The topological polar surface area (TPSA) is 38.1 Å². The van der Waals surface area contributed by atoms with Gasteiger partial charge in [0.2, 0.25) is 0 Å². The van der Waals surface area contributed by atoms with Crippen molar-refractivity contribution in [1.82, 2.24) is 9.78 Å². The Balaban J connectivity index is 2.56. The lowest BCUT2D eigenvalue weighted by atomic mass is 10.1. The largest absolute Gasteiger partial charge is 0.388 e. The van der Waals surface area contributed by atoms with Crippen molar-refractivity contribution in [3.05, 3.63) is 18.0 Å². The van der Waals surface area contributed by atoms with Crippen LogP contribution in [0, 0.1) is 12.3 Å². The number of terminal acetylenes is 1. The molecule has 1 aromatic rings. The average Bonchev–Trinajstić information content (AvgIpc) is 2.62. The zero-order valence-corrected chi connectivity index (χ0v) is 7.77. The third-order valence-corrected chi connectivity index (χ3v) is 1.92. The summed E-state index contributed by atoms with van der Waals surface area (Å²) in [5.74, 6) is 2.50. The van der Waals surface area contributed by atoms with Gasteiger partial charge < -0.3 is 5.11 Å². The molecule has 3 nitrogen and oxygen atoms in total. The number of aryl methyl sites for hydroxylation is 1. The Bertz CT molecular complexity index is 298. The standard InChI is InChI=1S/C10H14N2O/c1-3-5-6-10(13)9-7-11-12(4-2)8-9/h1,7-8,10,13H,4-6H2,2H3. The Kier molecular flexibility index (Phi) is 3.53. The van der Waals surface area contributed by atoms with Crippen molar-refractivity contribution in [2.24, 2.45) is 0 Å². The van der Waals surface area contributed by atoms with Crippen LogP contribution in [0.4, 0.5) is 0 Å². The van der Waals surface area contributed by atoms with E-state index in [2.05, 4.69) is 11.0 Å². The quantitative estimate of drug-likeness (QED) is 0.707. The van der Waals surface area contributed by atoms with Gasteiger partial charge in [-0.05, 0) is 13.3 Å². The summed E-state index contributed by atoms with van der Waals surface area (Å²) in [5, 5.41) is 13.7. The summed E-state index contributed by atoms with van der Waals surface area (Å²) < 4.78 is 1.79. The van der Waals surface area contributed by atoms with Crippen molar-refractivity contribution in [3.63, 3.8) is 0 Å². The molecule has 0 saturated carbocycles. The van der Waals surface area contributed by atoms with Crippen LogP contribution in [0.5, 0.6) is 0 Å². The third-order valence-electron chi connectivity index (χ3n) is 1.92. The van der Waals surface area contributed by atoms with Gasteiger partial charge in [0.1, 0.15) is 0 Å². The summed E-state index contributed by atoms with van der Waals surface area (Å²) in [6.45, 7) is 2.83. The maximum Gasteiger partial charge on any atom is 0.0829 e. The molecule has 1 atom stereocenters. The van der Waals surface area contributed by atoms with Crippen LogP contribution in [0.2, 0.25) is 0 Å². The predicted molar refractivity (Wildman–Crippen MR) is 50.9 cm³/mol. The molecule has 0 fully saturated rings. The first-order valence-corrected chi connectivity index (χ1v) is 4.41. The van der Waals surface area contributed by atoms with Gasteiger partial charge in [-0.25, -0.2) is 0 Å². The first-order chi connectivity index (χ1) is 6.27. The summed E-state index contributed by atoms with van der Waals surface area (Å²) in [4.78, 5) is 0.